The molecule has 2 unspecified atom stereocenters. The van der Waals surface area contributed by atoms with Crippen LogP contribution in [0.1, 0.15) is 56.1 Å². The number of phenols is 3. The number of aromatic hydroxyl groups is 3. The molecule has 0 spiro atoms. The predicted octanol–water partition coefficient (Wildman–Crippen LogP) is 2.54. The number of benzene rings is 2. The van der Waals surface area contributed by atoms with Gasteiger partial charge in [0.15, 0.2) is 23.0 Å². The van der Waals surface area contributed by atoms with Gasteiger partial charge in [-0.1, -0.05) is 26.0 Å². The monoisotopic (exact) mass is 553 g/mol. The molecule has 40 heavy (non-hydrogen) atoms. The SMILES string of the molecule is CCC(c1ccc(O)cc1)C(CC)c1cc(O)c(O)cc1N1CN([C@H]2C[C@H](O)[C@@H](CO)O2)c2nc(N)[nH]c(=O)c21. The number of anilines is 4. The summed E-state index contributed by atoms with van der Waals surface area (Å²) < 4.78 is 5.89. The van der Waals surface area contributed by atoms with E-state index >= 15 is 0 Å². The maximum Gasteiger partial charge on any atom is 0.278 e. The van der Waals surface area contributed by atoms with Crippen LogP contribution < -0.4 is 21.1 Å². The van der Waals surface area contributed by atoms with Crippen molar-refractivity contribution in [1.29, 1.82) is 0 Å². The molecule has 0 saturated carbocycles. The van der Waals surface area contributed by atoms with Crippen molar-refractivity contribution in [3.63, 3.8) is 0 Å². The topological polar surface area (TPSA) is 189 Å². The molecule has 3 aromatic rings. The summed E-state index contributed by atoms with van der Waals surface area (Å²) in [5, 5.41) is 51.0. The van der Waals surface area contributed by atoms with Crippen LogP contribution >= 0.6 is 0 Å². The molecule has 1 fully saturated rings. The number of phenolic OH excluding ortho intramolecular Hbond substituents is 3. The highest BCUT2D eigenvalue weighted by molar-refractivity contribution is 5.82. The van der Waals surface area contributed by atoms with E-state index in [9.17, 15) is 30.3 Å². The number of H-pyrrole nitrogens is 1. The lowest BCUT2D eigenvalue weighted by atomic mass is 9.77. The third kappa shape index (κ3) is 4.78. The van der Waals surface area contributed by atoms with Gasteiger partial charge in [0.05, 0.1) is 25.1 Å². The van der Waals surface area contributed by atoms with Crippen molar-refractivity contribution < 1.29 is 30.3 Å². The Hall–Kier alpha value is -4.00. The summed E-state index contributed by atoms with van der Waals surface area (Å²) in [5.41, 5.74) is 7.79. The van der Waals surface area contributed by atoms with E-state index in [2.05, 4.69) is 16.9 Å². The number of aliphatic hydroxyl groups is 2. The Bertz CT molecular complexity index is 1430. The Balaban J connectivity index is 1.63. The molecule has 5 atom stereocenters. The van der Waals surface area contributed by atoms with Crippen LogP contribution in [0, 0.1) is 0 Å². The van der Waals surface area contributed by atoms with Crippen LogP contribution in [0.4, 0.5) is 23.1 Å². The van der Waals surface area contributed by atoms with Gasteiger partial charge in [0.2, 0.25) is 5.95 Å². The summed E-state index contributed by atoms with van der Waals surface area (Å²) in [6, 6.07) is 9.98. The van der Waals surface area contributed by atoms with Gasteiger partial charge in [-0.15, -0.1) is 0 Å². The molecule has 0 amide bonds. The van der Waals surface area contributed by atoms with Crippen molar-refractivity contribution in [2.45, 2.75) is 63.4 Å². The van der Waals surface area contributed by atoms with Crippen molar-refractivity contribution >= 4 is 23.1 Å². The highest BCUT2D eigenvalue weighted by Gasteiger charge is 2.44. The smallest absolute Gasteiger partial charge is 0.278 e. The number of nitrogen functional groups attached to an aromatic ring is 1. The third-order valence-electron chi connectivity index (χ3n) is 7.96. The van der Waals surface area contributed by atoms with Crippen LogP contribution in [0.5, 0.6) is 17.2 Å². The van der Waals surface area contributed by atoms with E-state index in [4.69, 9.17) is 10.5 Å². The first-order valence-corrected chi connectivity index (χ1v) is 13.4. The normalized spacial score (nSPS) is 21.9. The molecule has 2 aliphatic heterocycles. The maximum absolute atomic E-state index is 13.3. The highest BCUT2D eigenvalue weighted by Crippen LogP contribution is 2.49. The second kappa shape index (κ2) is 10.9. The number of aliphatic hydroxyl groups excluding tert-OH is 2. The van der Waals surface area contributed by atoms with Crippen LogP contribution in [-0.2, 0) is 4.74 Å². The van der Waals surface area contributed by atoms with E-state index < -0.39 is 24.0 Å². The van der Waals surface area contributed by atoms with Gasteiger partial charge in [-0.25, -0.2) is 0 Å². The fourth-order valence-corrected chi connectivity index (χ4v) is 6.01. The zero-order chi connectivity index (χ0) is 28.7. The largest absolute Gasteiger partial charge is 0.508 e. The van der Waals surface area contributed by atoms with E-state index in [1.165, 1.54) is 12.1 Å². The number of rotatable bonds is 8. The highest BCUT2D eigenvalue weighted by atomic mass is 16.5. The molecule has 0 radical (unpaired) electrons. The van der Waals surface area contributed by atoms with E-state index in [-0.39, 0.29) is 66.2 Å². The van der Waals surface area contributed by atoms with Gasteiger partial charge in [0.1, 0.15) is 18.1 Å². The van der Waals surface area contributed by atoms with Gasteiger partial charge >= 0.3 is 0 Å². The average molecular weight is 554 g/mol. The van der Waals surface area contributed by atoms with Gasteiger partial charge < -0.3 is 45.8 Å². The number of ether oxygens (including phenoxy) is 1. The lowest BCUT2D eigenvalue weighted by Crippen LogP contribution is -2.38. The minimum atomic E-state index is -0.903. The summed E-state index contributed by atoms with van der Waals surface area (Å²) in [6.07, 6.45) is -0.775. The summed E-state index contributed by atoms with van der Waals surface area (Å²) in [6.45, 7) is 3.80. The number of aromatic nitrogens is 2. The van der Waals surface area contributed by atoms with Crippen LogP contribution in [0.25, 0.3) is 0 Å². The molecule has 3 heterocycles. The first-order valence-electron chi connectivity index (χ1n) is 13.4. The molecule has 12 heteroatoms. The Morgan fingerprint density at radius 1 is 1.10 bits per heavy atom. The average Bonchev–Trinajstić information content (AvgIpc) is 3.49. The first-order chi connectivity index (χ1) is 19.2. The van der Waals surface area contributed by atoms with Crippen LogP contribution in [-0.4, -0.2) is 67.2 Å². The van der Waals surface area contributed by atoms with Gasteiger partial charge in [0.25, 0.3) is 5.56 Å². The Morgan fingerprint density at radius 2 is 1.77 bits per heavy atom. The lowest BCUT2D eigenvalue weighted by molar-refractivity contribution is -0.0220. The molecule has 1 saturated heterocycles. The molecule has 12 nitrogen and oxygen atoms in total. The number of fused-ring (bicyclic) bond motifs is 1. The second-order valence-corrected chi connectivity index (χ2v) is 10.3. The number of nitrogens with one attached hydrogen (secondary N) is 1. The Labute approximate surface area is 230 Å². The van der Waals surface area contributed by atoms with E-state index in [1.807, 2.05) is 19.1 Å². The van der Waals surface area contributed by atoms with Crippen molar-refractivity contribution in [3.05, 3.63) is 57.9 Å². The summed E-state index contributed by atoms with van der Waals surface area (Å²) >= 11 is 0. The lowest BCUT2D eigenvalue weighted by Gasteiger charge is -2.32. The summed E-state index contributed by atoms with van der Waals surface area (Å²) in [7, 11) is 0. The quantitative estimate of drug-likeness (QED) is 0.203. The summed E-state index contributed by atoms with van der Waals surface area (Å²) in [4.78, 5) is 23.6. The molecule has 5 rings (SSSR count). The van der Waals surface area contributed by atoms with Gasteiger partial charge in [-0.2, -0.15) is 4.98 Å². The van der Waals surface area contributed by atoms with Crippen LogP contribution in [0.15, 0.2) is 41.2 Å². The van der Waals surface area contributed by atoms with Crippen molar-refractivity contribution in [2.75, 3.05) is 28.8 Å². The molecule has 2 aromatic carbocycles. The molecule has 1 aromatic heterocycles. The fraction of sp³-hybridized carbons (Fsp3) is 0.429. The van der Waals surface area contributed by atoms with Crippen LogP contribution in [0.3, 0.4) is 0 Å². The zero-order valence-corrected chi connectivity index (χ0v) is 22.4. The minimum Gasteiger partial charge on any atom is -0.508 e. The Morgan fingerprint density at radius 3 is 2.40 bits per heavy atom. The molecular weight excluding hydrogens is 518 g/mol. The summed E-state index contributed by atoms with van der Waals surface area (Å²) in [5.74, 6) is -0.464. The molecule has 2 aliphatic rings. The number of hydrogen-bond donors (Lipinski definition) is 7. The van der Waals surface area contributed by atoms with Crippen molar-refractivity contribution in [2.24, 2.45) is 0 Å². The molecular formula is C28H35N5O7. The van der Waals surface area contributed by atoms with E-state index in [0.29, 0.717) is 17.7 Å². The minimum absolute atomic E-state index is 0.00655. The van der Waals surface area contributed by atoms with Crippen molar-refractivity contribution in [1.82, 2.24) is 9.97 Å². The number of nitrogens with two attached hydrogens (primary N) is 1. The van der Waals surface area contributed by atoms with Crippen molar-refractivity contribution in [3.8, 4) is 17.2 Å². The standard InChI is InChI=1S/C28H35N5O7/c1-3-16(14-5-7-15(35)8-6-14)17(4-2)18-9-20(36)21(37)10-19(18)32-13-33(24-11-22(38)23(12-34)40-24)26-25(32)27(39)31-28(29)30-26/h5-10,16-17,22-24,34-38H,3-4,11-13H2,1-2H3,(H3,29,30,31,39)/t16?,17?,22-,23+,24+/m0/s1. The molecule has 214 valence electrons. The third-order valence-corrected chi connectivity index (χ3v) is 7.96. The van der Waals surface area contributed by atoms with Gasteiger partial charge in [-0.05, 0) is 54.0 Å². The number of aromatic amines is 1. The zero-order valence-electron chi connectivity index (χ0n) is 22.4. The predicted molar refractivity (Wildman–Crippen MR) is 149 cm³/mol. The molecule has 0 bridgehead atoms. The van der Waals surface area contributed by atoms with Gasteiger partial charge in [-0.3, -0.25) is 9.78 Å². The van der Waals surface area contributed by atoms with E-state index in [0.717, 1.165) is 12.0 Å². The molecule has 0 aliphatic carbocycles. The Kier molecular flexibility index (Phi) is 7.49. The van der Waals surface area contributed by atoms with Crippen LogP contribution in [0.2, 0.25) is 0 Å². The van der Waals surface area contributed by atoms with E-state index in [1.54, 1.807) is 21.9 Å². The molecule has 8 N–H and O–H groups in total. The first kappa shape index (κ1) is 27.6. The second-order valence-electron chi connectivity index (χ2n) is 10.3. The fourth-order valence-electron chi connectivity index (χ4n) is 6.01. The van der Waals surface area contributed by atoms with Gasteiger partial charge in [0, 0.05) is 12.5 Å². The number of hydrogen-bond acceptors (Lipinski definition) is 11. The number of nitrogens with zero attached hydrogens (tertiary/aromatic N) is 3. The maximum atomic E-state index is 13.3.